The van der Waals surface area contributed by atoms with Crippen molar-refractivity contribution in [2.24, 2.45) is 0 Å². The fraction of sp³-hybridized carbons (Fsp3) is 0.385. The first-order valence-corrected chi connectivity index (χ1v) is 5.94. The highest BCUT2D eigenvalue weighted by Crippen LogP contribution is 2.11. The Kier molecular flexibility index (Phi) is 4.30. The van der Waals surface area contributed by atoms with Crippen LogP contribution in [0.1, 0.15) is 17.0 Å². The van der Waals surface area contributed by atoms with Crippen molar-refractivity contribution in [1.82, 2.24) is 15.6 Å². The third-order valence-corrected chi connectivity index (χ3v) is 2.58. The average Bonchev–Trinajstić information content (AvgIpc) is 2.75. The zero-order chi connectivity index (χ0) is 12.8. The average molecular weight is 247 g/mol. The lowest BCUT2D eigenvalue weighted by Crippen LogP contribution is -2.21. The van der Waals surface area contributed by atoms with Gasteiger partial charge in [0, 0.05) is 13.1 Å². The molecule has 0 unspecified atom stereocenters. The van der Waals surface area contributed by atoms with E-state index in [1.54, 1.807) is 0 Å². The van der Waals surface area contributed by atoms with E-state index in [9.17, 15) is 0 Å². The van der Waals surface area contributed by atoms with Crippen LogP contribution < -0.4 is 10.1 Å². The van der Waals surface area contributed by atoms with Crippen molar-refractivity contribution in [2.75, 3.05) is 13.2 Å². The van der Waals surface area contributed by atoms with E-state index in [2.05, 4.69) is 20.3 Å². The maximum Gasteiger partial charge on any atom is 0.121 e. The molecule has 0 aliphatic rings. The lowest BCUT2D eigenvalue weighted by Gasteiger charge is -2.07. The second-order valence-corrected chi connectivity index (χ2v) is 4.14. The number of hydrogen-bond donors (Lipinski definition) is 1. The molecular formula is C13H17N3O2. The number of benzene rings is 1. The molecule has 96 valence electrons. The van der Waals surface area contributed by atoms with Gasteiger partial charge in [0.2, 0.25) is 0 Å². The van der Waals surface area contributed by atoms with Gasteiger partial charge in [-0.3, -0.25) is 0 Å². The third kappa shape index (κ3) is 3.56. The molecule has 2 aromatic rings. The Morgan fingerprint density at radius 3 is 2.89 bits per heavy atom. The summed E-state index contributed by atoms with van der Waals surface area (Å²) < 4.78 is 10.2. The summed E-state index contributed by atoms with van der Waals surface area (Å²) >= 11 is 0. The van der Waals surface area contributed by atoms with Gasteiger partial charge in [-0.1, -0.05) is 22.4 Å². The summed E-state index contributed by atoms with van der Waals surface area (Å²) in [7, 11) is 0. The largest absolute Gasteiger partial charge is 0.492 e. The molecule has 0 fully saturated rings. The molecule has 0 aliphatic heterocycles. The van der Waals surface area contributed by atoms with Crippen LogP contribution in [0.4, 0.5) is 0 Å². The first kappa shape index (κ1) is 12.6. The minimum Gasteiger partial charge on any atom is -0.492 e. The molecule has 0 atom stereocenters. The Morgan fingerprint density at radius 1 is 1.28 bits per heavy atom. The van der Waals surface area contributed by atoms with Crippen LogP contribution in [0, 0.1) is 13.8 Å². The Morgan fingerprint density at radius 2 is 2.17 bits per heavy atom. The van der Waals surface area contributed by atoms with E-state index >= 15 is 0 Å². The molecule has 1 aromatic carbocycles. The van der Waals surface area contributed by atoms with Gasteiger partial charge in [0.1, 0.15) is 23.7 Å². The summed E-state index contributed by atoms with van der Waals surface area (Å²) in [5.74, 6) is 0.899. The van der Waals surface area contributed by atoms with Gasteiger partial charge in [0.05, 0.1) is 0 Å². The van der Waals surface area contributed by atoms with Gasteiger partial charge in [-0.15, -0.1) is 0 Å². The second-order valence-electron chi connectivity index (χ2n) is 4.14. The van der Waals surface area contributed by atoms with E-state index in [1.165, 1.54) is 5.56 Å². The molecule has 0 saturated heterocycles. The van der Waals surface area contributed by atoms with E-state index in [4.69, 9.17) is 4.74 Å². The van der Waals surface area contributed by atoms with Crippen molar-refractivity contribution in [3.63, 3.8) is 0 Å². The van der Waals surface area contributed by atoms with Crippen molar-refractivity contribution >= 4 is 0 Å². The molecule has 0 spiro atoms. The molecule has 2 rings (SSSR count). The van der Waals surface area contributed by atoms with Gasteiger partial charge in [0.15, 0.2) is 0 Å². The Balaban J connectivity index is 1.66. The summed E-state index contributed by atoms with van der Waals surface area (Å²) in [4.78, 5) is 0. The number of nitrogens with zero attached hydrogens (tertiary/aromatic N) is 2. The number of nitrogens with one attached hydrogen (secondary N) is 1. The van der Waals surface area contributed by atoms with Crippen LogP contribution in [0.25, 0.3) is 0 Å². The van der Waals surface area contributed by atoms with Crippen LogP contribution in [0.15, 0.2) is 28.9 Å². The van der Waals surface area contributed by atoms with Crippen molar-refractivity contribution < 1.29 is 9.37 Å². The summed E-state index contributed by atoms with van der Waals surface area (Å²) in [6.07, 6.45) is 0. The minimum absolute atomic E-state index is 0.619. The number of aromatic nitrogens is 2. The number of hydrogen-bond acceptors (Lipinski definition) is 5. The van der Waals surface area contributed by atoms with Crippen LogP contribution in [-0.2, 0) is 6.54 Å². The topological polar surface area (TPSA) is 60.2 Å². The highest BCUT2D eigenvalue weighted by atomic mass is 16.6. The van der Waals surface area contributed by atoms with Gasteiger partial charge in [-0.25, -0.2) is 4.63 Å². The number of aryl methyl sites for hydroxylation is 2. The molecule has 0 saturated carbocycles. The maximum absolute atomic E-state index is 5.61. The highest BCUT2D eigenvalue weighted by molar-refractivity contribution is 5.27. The Hall–Kier alpha value is -1.88. The standard InChI is InChI=1S/C13H17N3O2/c1-10-4-3-5-12(8-10)17-7-6-14-9-13-11(2)15-18-16-13/h3-5,8,14H,6-7,9H2,1-2H3. The van der Waals surface area contributed by atoms with Crippen LogP contribution in [0.5, 0.6) is 5.75 Å². The first-order valence-electron chi connectivity index (χ1n) is 5.94. The van der Waals surface area contributed by atoms with Crippen LogP contribution in [-0.4, -0.2) is 23.5 Å². The Bertz CT molecular complexity index is 496. The molecule has 18 heavy (non-hydrogen) atoms. The van der Waals surface area contributed by atoms with E-state index in [-0.39, 0.29) is 0 Å². The van der Waals surface area contributed by atoms with Crippen molar-refractivity contribution in [2.45, 2.75) is 20.4 Å². The SMILES string of the molecule is Cc1cccc(OCCNCc2nonc2C)c1. The molecular weight excluding hydrogens is 230 g/mol. The van der Waals surface area contributed by atoms with Crippen LogP contribution in [0.3, 0.4) is 0 Å². The third-order valence-electron chi connectivity index (χ3n) is 2.58. The van der Waals surface area contributed by atoms with Gasteiger partial charge in [-0.2, -0.15) is 0 Å². The second kappa shape index (κ2) is 6.16. The lowest BCUT2D eigenvalue weighted by molar-refractivity contribution is 0.297. The monoisotopic (exact) mass is 247 g/mol. The van der Waals surface area contributed by atoms with E-state index in [0.717, 1.165) is 23.7 Å². The first-order chi connectivity index (χ1) is 8.75. The lowest BCUT2D eigenvalue weighted by atomic mass is 10.2. The van der Waals surface area contributed by atoms with Gasteiger partial charge in [0.25, 0.3) is 0 Å². The van der Waals surface area contributed by atoms with Gasteiger partial charge in [-0.05, 0) is 31.5 Å². The van der Waals surface area contributed by atoms with Crippen molar-refractivity contribution in [3.8, 4) is 5.75 Å². The van der Waals surface area contributed by atoms with Crippen molar-refractivity contribution in [3.05, 3.63) is 41.2 Å². The molecule has 1 aromatic heterocycles. The molecule has 0 aliphatic carbocycles. The molecule has 0 bridgehead atoms. The minimum atomic E-state index is 0.619. The van der Waals surface area contributed by atoms with Crippen molar-refractivity contribution in [1.29, 1.82) is 0 Å². The molecule has 5 heteroatoms. The smallest absolute Gasteiger partial charge is 0.121 e. The molecule has 1 heterocycles. The summed E-state index contributed by atoms with van der Waals surface area (Å²) in [6.45, 7) is 5.93. The Labute approximate surface area is 106 Å². The highest BCUT2D eigenvalue weighted by Gasteiger charge is 2.03. The predicted octanol–water partition coefficient (Wildman–Crippen LogP) is 1.86. The number of ether oxygens (including phenoxy) is 1. The van der Waals surface area contributed by atoms with Crippen LogP contribution in [0.2, 0.25) is 0 Å². The summed E-state index contributed by atoms with van der Waals surface area (Å²) in [6, 6.07) is 8.01. The summed E-state index contributed by atoms with van der Waals surface area (Å²) in [5.41, 5.74) is 2.86. The van der Waals surface area contributed by atoms with E-state index < -0.39 is 0 Å². The molecule has 0 amide bonds. The number of rotatable bonds is 6. The fourth-order valence-corrected chi connectivity index (χ4v) is 1.56. The van der Waals surface area contributed by atoms with Gasteiger partial charge >= 0.3 is 0 Å². The zero-order valence-electron chi connectivity index (χ0n) is 10.6. The molecule has 1 N–H and O–H groups in total. The fourth-order valence-electron chi connectivity index (χ4n) is 1.56. The zero-order valence-corrected chi connectivity index (χ0v) is 10.6. The molecule has 5 nitrogen and oxygen atoms in total. The summed E-state index contributed by atoms with van der Waals surface area (Å²) in [5, 5.41) is 10.7. The van der Waals surface area contributed by atoms with E-state index in [0.29, 0.717) is 13.2 Å². The van der Waals surface area contributed by atoms with Gasteiger partial charge < -0.3 is 10.1 Å². The maximum atomic E-state index is 5.61. The predicted molar refractivity (Wildman–Crippen MR) is 67.4 cm³/mol. The van der Waals surface area contributed by atoms with E-state index in [1.807, 2.05) is 38.1 Å². The molecule has 0 radical (unpaired) electrons. The quantitative estimate of drug-likeness (QED) is 0.789. The normalized spacial score (nSPS) is 10.6. The van der Waals surface area contributed by atoms with Crippen LogP contribution >= 0.6 is 0 Å².